The third kappa shape index (κ3) is 6.26. The number of nitrogens with zero attached hydrogens (tertiary/aromatic N) is 3. The van der Waals surface area contributed by atoms with Gasteiger partial charge in [0.1, 0.15) is 5.82 Å². The number of carbonyl (C=O) groups excluding carboxylic acids is 1. The normalized spacial score (nSPS) is 11.0. The number of aryl methyl sites for hydroxylation is 1. The van der Waals surface area contributed by atoms with Gasteiger partial charge in [0, 0.05) is 38.0 Å². The maximum absolute atomic E-state index is 13.1. The van der Waals surface area contributed by atoms with Crippen molar-refractivity contribution in [2.45, 2.75) is 19.4 Å². The van der Waals surface area contributed by atoms with Gasteiger partial charge in [-0.2, -0.15) is 0 Å². The number of halogens is 1. The van der Waals surface area contributed by atoms with Crippen molar-refractivity contribution in [1.82, 2.24) is 14.8 Å². The first-order chi connectivity index (χ1) is 14.0. The van der Waals surface area contributed by atoms with E-state index in [-0.39, 0.29) is 11.7 Å². The summed E-state index contributed by atoms with van der Waals surface area (Å²) in [6.07, 6.45) is 2.36. The molecule has 0 spiro atoms. The lowest BCUT2D eigenvalue weighted by molar-refractivity contribution is -0.132. The predicted octanol–water partition coefficient (Wildman–Crippen LogP) is 4.00. The molecule has 0 radical (unpaired) electrons. The number of hydrogen-bond donors (Lipinski definition) is 0. The Kier molecular flexibility index (Phi) is 7.14. The number of hydrogen-bond acceptors (Lipinski definition) is 4. The van der Waals surface area contributed by atoms with E-state index < -0.39 is 0 Å². The number of rotatable bonds is 9. The Morgan fingerprint density at radius 3 is 2.45 bits per heavy atom. The third-order valence-electron chi connectivity index (χ3n) is 4.62. The van der Waals surface area contributed by atoms with Gasteiger partial charge in [0.25, 0.3) is 0 Å². The van der Waals surface area contributed by atoms with Crippen LogP contribution >= 0.6 is 0 Å². The highest BCUT2D eigenvalue weighted by molar-refractivity contribution is 5.76. The molecule has 1 amide bonds. The van der Waals surface area contributed by atoms with Crippen LogP contribution in [0.3, 0.4) is 0 Å². The molecule has 0 atom stereocenters. The van der Waals surface area contributed by atoms with Crippen LogP contribution in [-0.4, -0.2) is 47.9 Å². The fourth-order valence-electron chi connectivity index (χ4n) is 2.96. The van der Waals surface area contributed by atoms with Gasteiger partial charge in [-0.3, -0.25) is 4.79 Å². The van der Waals surface area contributed by atoms with Crippen LogP contribution in [0.25, 0.3) is 11.3 Å². The maximum Gasteiger partial charge on any atom is 0.223 e. The molecule has 29 heavy (non-hydrogen) atoms. The summed E-state index contributed by atoms with van der Waals surface area (Å²) in [4.78, 5) is 21.0. The van der Waals surface area contributed by atoms with Crippen LogP contribution in [0, 0.1) is 5.82 Å². The fraction of sp³-hybridized carbons (Fsp3) is 0.304. The number of likely N-dealkylation sites (N-methyl/N-ethyl adjacent to an activating group) is 1. The van der Waals surface area contributed by atoms with Crippen molar-refractivity contribution in [3.63, 3.8) is 0 Å². The molecule has 0 aliphatic rings. The smallest absolute Gasteiger partial charge is 0.223 e. The lowest BCUT2D eigenvalue weighted by atomic mass is 10.2. The van der Waals surface area contributed by atoms with Gasteiger partial charge in [-0.15, -0.1) is 0 Å². The molecule has 0 unspecified atom stereocenters. The van der Waals surface area contributed by atoms with Crippen molar-refractivity contribution in [2.24, 2.45) is 0 Å². The lowest BCUT2D eigenvalue weighted by Crippen LogP contribution is -2.36. The number of benzene rings is 2. The van der Waals surface area contributed by atoms with E-state index in [9.17, 15) is 9.18 Å². The van der Waals surface area contributed by atoms with E-state index in [1.807, 2.05) is 49.3 Å². The highest BCUT2D eigenvalue weighted by Crippen LogP contribution is 2.21. The standard InChI is InChI=1S/C23H26FN3O2/c1-26(2)14-15-27(17-18-6-4-3-5-7-18)23(28)13-12-22-25-16-21(29-22)19-8-10-20(24)11-9-19/h3-11,16H,12-15,17H2,1-2H3. The first kappa shape index (κ1) is 20.7. The quantitative estimate of drug-likeness (QED) is 0.549. The van der Waals surface area contributed by atoms with E-state index in [4.69, 9.17) is 4.42 Å². The van der Waals surface area contributed by atoms with Gasteiger partial charge in [0.05, 0.1) is 6.20 Å². The van der Waals surface area contributed by atoms with Crippen molar-refractivity contribution in [1.29, 1.82) is 0 Å². The molecule has 0 fully saturated rings. The van der Waals surface area contributed by atoms with E-state index in [1.165, 1.54) is 12.1 Å². The van der Waals surface area contributed by atoms with Gasteiger partial charge in [-0.05, 0) is 43.9 Å². The monoisotopic (exact) mass is 395 g/mol. The molecule has 0 saturated heterocycles. The fourth-order valence-corrected chi connectivity index (χ4v) is 2.96. The highest BCUT2D eigenvalue weighted by Gasteiger charge is 2.16. The molecular weight excluding hydrogens is 369 g/mol. The summed E-state index contributed by atoms with van der Waals surface area (Å²) in [7, 11) is 3.99. The van der Waals surface area contributed by atoms with Crippen LogP contribution in [0.1, 0.15) is 17.9 Å². The van der Waals surface area contributed by atoms with E-state index in [1.54, 1.807) is 18.3 Å². The second kappa shape index (κ2) is 9.98. The minimum atomic E-state index is -0.296. The molecule has 3 rings (SSSR count). The highest BCUT2D eigenvalue weighted by atomic mass is 19.1. The van der Waals surface area contributed by atoms with E-state index in [0.29, 0.717) is 37.6 Å². The van der Waals surface area contributed by atoms with Crippen LogP contribution < -0.4 is 0 Å². The second-order valence-electron chi connectivity index (χ2n) is 7.23. The topological polar surface area (TPSA) is 49.6 Å². The minimum absolute atomic E-state index is 0.0669. The number of oxazole rings is 1. The molecule has 0 saturated carbocycles. The average Bonchev–Trinajstić information content (AvgIpc) is 3.19. The van der Waals surface area contributed by atoms with Gasteiger partial charge < -0.3 is 14.2 Å². The van der Waals surface area contributed by atoms with Crippen molar-refractivity contribution >= 4 is 5.91 Å². The van der Waals surface area contributed by atoms with Crippen molar-refractivity contribution in [2.75, 3.05) is 27.2 Å². The zero-order valence-corrected chi connectivity index (χ0v) is 16.8. The van der Waals surface area contributed by atoms with E-state index in [0.717, 1.165) is 17.7 Å². The van der Waals surface area contributed by atoms with Crippen molar-refractivity contribution < 1.29 is 13.6 Å². The first-order valence-corrected chi connectivity index (χ1v) is 9.68. The number of amides is 1. The zero-order chi connectivity index (χ0) is 20.6. The third-order valence-corrected chi connectivity index (χ3v) is 4.62. The Hall–Kier alpha value is -2.99. The van der Waals surface area contributed by atoms with Crippen LogP contribution in [0.5, 0.6) is 0 Å². The molecule has 0 aliphatic carbocycles. The average molecular weight is 395 g/mol. The Bertz CT molecular complexity index is 907. The summed E-state index contributed by atoms with van der Waals surface area (Å²) in [6, 6.07) is 16.0. The van der Waals surface area contributed by atoms with Crippen LogP contribution in [0.4, 0.5) is 4.39 Å². The molecule has 6 heteroatoms. The van der Waals surface area contributed by atoms with Crippen molar-refractivity contribution in [3.05, 3.63) is 78.1 Å². The molecule has 1 heterocycles. The summed E-state index contributed by atoms with van der Waals surface area (Å²) < 4.78 is 18.8. The summed E-state index contributed by atoms with van der Waals surface area (Å²) in [5.74, 6) is 0.846. The van der Waals surface area contributed by atoms with Gasteiger partial charge in [-0.25, -0.2) is 9.37 Å². The molecule has 152 valence electrons. The molecule has 0 N–H and O–H groups in total. The van der Waals surface area contributed by atoms with Gasteiger partial charge in [-0.1, -0.05) is 30.3 Å². The lowest BCUT2D eigenvalue weighted by Gasteiger charge is -2.24. The van der Waals surface area contributed by atoms with Gasteiger partial charge >= 0.3 is 0 Å². The largest absolute Gasteiger partial charge is 0.441 e. The molecular formula is C23H26FN3O2. The SMILES string of the molecule is CN(C)CCN(Cc1ccccc1)C(=O)CCc1ncc(-c2ccc(F)cc2)o1. The molecule has 3 aromatic rings. The Labute approximate surface area is 170 Å². The van der Waals surface area contributed by atoms with Gasteiger partial charge in [0.2, 0.25) is 5.91 Å². The number of carbonyl (C=O) groups is 1. The Morgan fingerprint density at radius 2 is 1.76 bits per heavy atom. The summed E-state index contributed by atoms with van der Waals surface area (Å²) in [6.45, 7) is 2.04. The van der Waals surface area contributed by atoms with E-state index >= 15 is 0 Å². The zero-order valence-electron chi connectivity index (χ0n) is 16.8. The van der Waals surface area contributed by atoms with Crippen LogP contribution in [0.2, 0.25) is 0 Å². The second-order valence-corrected chi connectivity index (χ2v) is 7.23. The maximum atomic E-state index is 13.1. The molecule has 2 aromatic carbocycles. The summed E-state index contributed by atoms with van der Waals surface area (Å²) in [5, 5.41) is 0. The minimum Gasteiger partial charge on any atom is -0.441 e. The summed E-state index contributed by atoms with van der Waals surface area (Å²) in [5.41, 5.74) is 1.86. The first-order valence-electron chi connectivity index (χ1n) is 9.68. The van der Waals surface area contributed by atoms with Gasteiger partial charge in [0.15, 0.2) is 11.7 Å². The molecule has 5 nitrogen and oxygen atoms in total. The molecule has 1 aromatic heterocycles. The predicted molar refractivity (Wildman–Crippen MR) is 111 cm³/mol. The number of aromatic nitrogens is 1. The Balaban J connectivity index is 1.61. The Morgan fingerprint density at radius 1 is 1.03 bits per heavy atom. The summed E-state index contributed by atoms with van der Waals surface area (Å²) >= 11 is 0. The van der Waals surface area contributed by atoms with Crippen LogP contribution in [0.15, 0.2) is 65.2 Å². The molecule has 0 aliphatic heterocycles. The van der Waals surface area contributed by atoms with Crippen molar-refractivity contribution in [3.8, 4) is 11.3 Å². The van der Waals surface area contributed by atoms with E-state index in [2.05, 4.69) is 9.88 Å². The van der Waals surface area contributed by atoms with Crippen LogP contribution in [-0.2, 0) is 17.8 Å². The molecule has 0 bridgehead atoms.